The second-order valence-electron chi connectivity index (χ2n) is 6.77. The molecule has 2 rings (SSSR count). The molecule has 0 saturated carbocycles. The number of benzene rings is 1. The molecule has 0 spiro atoms. The van der Waals surface area contributed by atoms with Crippen LogP contribution in [-0.2, 0) is 24.3 Å². The predicted octanol–water partition coefficient (Wildman–Crippen LogP) is 2.30. The molecule has 1 heterocycles. The number of ether oxygens (including phenoxy) is 1. The summed E-state index contributed by atoms with van der Waals surface area (Å²) in [7, 11) is -3.65. The van der Waals surface area contributed by atoms with Gasteiger partial charge >= 0.3 is 5.97 Å². The maximum Gasteiger partial charge on any atom is 0.307 e. The van der Waals surface area contributed by atoms with Gasteiger partial charge in [0.15, 0.2) is 6.10 Å². The molecule has 0 bridgehead atoms. The molecule has 0 radical (unpaired) electrons. The largest absolute Gasteiger partial charge is 0.452 e. The van der Waals surface area contributed by atoms with E-state index in [1.54, 1.807) is 24.0 Å². The van der Waals surface area contributed by atoms with Gasteiger partial charge in [-0.05, 0) is 31.4 Å². The first-order valence-corrected chi connectivity index (χ1v) is 11.1. The standard InChI is InChI=1S/C20H28N2O5S/c1-17(20(24)22-14-7-2-3-8-15-22)27-19(23)11-13-21-28(25,26)16-12-18-9-5-4-6-10-18/h4-6,9-10,12,16-17,21H,2-3,7-8,11,13-15H2,1H3/b16-12+/t17-/m0/s1. The van der Waals surface area contributed by atoms with Crippen molar-refractivity contribution in [3.05, 3.63) is 41.3 Å². The lowest BCUT2D eigenvalue weighted by molar-refractivity contribution is -0.159. The molecular formula is C20H28N2O5S. The van der Waals surface area contributed by atoms with Crippen LogP contribution in [0.2, 0.25) is 0 Å². The van der Waals surface area contributed by atoms with Crippen molar-refractivity contribution < 1.29 is 22.7 Å². The fourth-order valence-electron chi connectivity index (χ4n) is 2.93. The normalized spacial score (nSPS) is 16.5. The Bertz CT molecular complexity index is 769. The average Bonchev–Trinajstić information content (AvgIpc) is 2.96. The Balaban J connectivity index is 1.73. The topological polar surface area (TPSA) is 92.8 Å². The van der Waals surface area contributed by atoms with Crippen LogP contribution in [0.4, 0.5) is 0 Å². The van der Waals surface area contributed by atoms with Gasteiger partial charge in [0.1, 0.15) is 0 Å². The van der Waals surface area contributed by atoms with Gasteiger partial charge in [-0.25, -0.2) is 13.1 Å². The lowest BCUT2D eigenvalue weighted by Gasteiger charge is -2.24. The number of esters is 1. The summed E-state index contributed by atoms with van der Waals surface area (Å²) in [5, 5.41) is 1.05. The van der Waals surface area contributed by atoms with E-state index in [1.165, 1.54) is 6.08 Å². The summed E-state index contributed by atoms with van der Waals surface area (Å²) in [4.78, 5) is 26.0. The highest BCUT2D eigenvalue weighted by molar-refractivity contribution is 7.92. The molecule has 1 saturated heterocycles. The SMILES string of the molecule is C[C@H](OC(=O)CCNS(=O)(=O)/C=C/c1ccccc1)C(=O)N1CCCCCC1. The monoisotopic (exact) mass is 408 g/mol. The zero-order valence-corrected chi connectivity index (χ0v) is 17.0. The molecule has 1 aliphatic rings. The van der Waals surface area contributed by atoms with E-state index >= 15 is 0 Å². The van der Waals surface area contributed by atoms with Crippen LogP contribution >= 0.6 is 0 Å². The molecule has 1 N–H and O–H groups in total. The molecular weight excluding hydrogens is 380 g/mol. The van der Waals surface area contributed by atoms with Crippen molar-refractivity contribution >= 4 is 28.0 Å². The zero-order chi connectivity index (χ0) is 20.4. The van der Waals surface area contributed by atoms with Crippen LogP contribution < -0.4 is 4.72 Å². The summed E-state index contributed by atoms with van der Waals surface area (Å²) >= 11 is 0. The van der Waals surface area contributed by atoms with Crippen LogP contribution in [0.1, 0.15) is 44.6 Å². The van der Waals surface area contributed by atoms with Gasteiger partial charge in [-0.3, -0.25) is 9.59 Å². The lowest BCUT2D eigenvalue weighted by atomic mass is 10.2. The Kier molecular flexibility index (Phi) is 8.66. The molecule has 7 nitrogen and oxygen atoms in total. The van der Waals surface area contributed by atoms with Crippen molar-refractivity contribution in [3.63, 3.8) is 0 Å². The number of rotatable bonds is 8. The molecule has 28 heavy (non-hydrogen) atoms. The van der Waals surface area contributed by atoms with Crippen LogP contribution in [-0.4, -0.2) is 50.9 Å². The third-order valence-corrected chi connectivity index (χ3v) is 5.55. The molecule has 1 fully saturated rings. The maximum atomic E-state index is 12.4. The molecule has 0 aromatic heterocycles. The minimum absolute atomic E-state index is 0.0923. The predicted molar refractivity (Wildman–Crippen MR) is 108 cm³/mol. The summed E-state index contributed by atoms with van der Waals surface area (Å²) < 4.78 is 31.4. The first-order chi connectivity index (χ1) is 13.4. The number of carbonyl (C=O) groups is 2. The van der Waals surface area contributed by atoms with Crippen molar-refractivity contribution in [1.29, 1.82) is 0 Å². The molecule has 1 amide bonds. The Morgan fingerprint density at radius 1 is 1.14 bits per heavy atom. The second kappa shape index (κ2) is 11.0. The summed E-state index contributed by atoms with van der Waals surface area (Å²) in [6.07, 6.45) is 4.61. The molecule has 1 aromatic rings. The number of sulfonamides is 1. The highest BCUT2D eigenvalue weighted by Crippen LogP contribution is 2.12. The molecule has 8 heteroatoms. The molecule has 1 aromatic carbocycles. The van der Waals surface area contributed by atoms with Crippen molar-refractivity contribution in [2.45, 2.75) is 45.1 Å². The van der Waals surface area contributed by atoms with Gasteiger partial charge in [-0.15, -0.1) is 0 Å². The van der Waals surface area contributed by atoms with E-state index in [1.807, 2.05) is 18.2 Å². The van der Waals surface area contributed by atoms with Crippen LogP contribution in [0, 0.1) is 0 Å². The highest BCUT2D eigenvalue weighted by atomic mass is 32.2. The summed E-state index contributed by atoms with van der Waals surface area (Å²) in [6, 6.07) is 9.03. The molecule has 0 aliphatic carbocycles. The Morgan fingerprint density at radius 2 is 1.79 bits per heavy atom. The fourth-order valence-corrected chi connectivity index (χ4v) is 3.75. The van der Waals surface area contributed by atoms with E-state index in [9.17, 15) is 18.0 Å². The van der Waals surface area contributed by atoms with Gasteiger partial charge < -0.3 is 9.64 Å². The highest BCUT2D eigenvalue weighted by Gasteiger charge is 2.24. The lowest BCUT2D eigenvalue weighted by Crippen LogP contribution is -2.40. The number of nitrogens with one attached hydrogen (secondary N) is 1. The number of carbonyl (C=O) groups excluding carboxylic acids is 2. The van der Waals surface area contributed by atoms with Crippen molar-refractivity contribution in [1.82, 2.24) is 9.62 Å². The smallest absolute Gasteiger partial charge is 0.307 e. The van der Waals surface area contributed by atoms with Crippen LogP contribution in [0.15, 0.2) is 35.7 Å². The Labute approximate surface area is 166 Å². The third-order valence-electron chi connectivity index (χ3n) is 4.45. The number of hydrogen-bond acceptors (Lipinski definition) is 5. The fraction of sp³-hybridized carbons (Fsp3) is 0.500. The van der Waals surface area contributed by atoms with Crippen LogP contribution in [0.25, 0.3) is 6.08 Å². The molecule has 1 atom stereocenters. The van der Waals surface area contributed by atoms with Crippen molar-refractivity contribution in [3.8, 4) is 0 Å². The van der Waals surface area contributed by atoms with E-state index < -0.39 is 22.1 Å². The first-order valence-electron chi connectivity index (χ1n) is 9.58. The minimum Gasteiger partial charge on any atom is -0.452 e. The van der Waals surface area contributed by atoms with Gasteiger partial charge in [0.25, 0.3) is 5.91 Å². The zero-order valence-electron chi connectivity index (χ0n) is 16.2. The quantitative estimate of drug-likeness (QED) is 0.666. The summed E-state index contributed by atoms with van der Waals surface area (Å²) in [5.41, 5.74) is 0.758. The molecule has 154 valence electrons. The van der Waals surface area contributed by atoms with E-state index in [2.05, 4.69) is 4.72 Å². The third kappa shape index (κ3) is 7.82. The average molecular weight is 409 g/mol. The maximum absolute atomic E-state index is 12.4. The van der Waals surface area contributed by atoms with Gasteiger partial charge in [0.05, 0.1) is 6.42 Å². The molecule has 1 aliphatic heterocycles. The van der Waals surface area contributed by atoms with E-state index in [-0.39, 0.29) is 18.9 Å². The van der Waals surface area contributed by atoms with Crippen molar-refractivity contribution in [2.75, 3.05) is 19.6 Å². The summed E-state index contributed by atoms with van der Waals surface area (Å²) in [5.74, 6) is -0.799. The number of hydrogen-bond donors (Lipinski definition) is 1. The van der Waals surface area contributed by atoms with Gasteiger partial charge in [-0.2, -0.15) is 0 Å². The van der Waals surface area contributed by atoms with E-state index in [4.69, 9.17) is 4.74 Å². The first kappa shape index (κ1) is 22.1. The van der Waals surface area contributed by atoms with Gasteiger partial charge in [0.2, 0.25) is 10.0 Å². The number of nitrogens with zero attached hydrogens (tertiary/aromatic N) is 1. The Hall–Kier alpha value is -2.19. The number of likely N-dealkylation sites (tertiary alicyclic amines) is 1. The van der Waals surface area contributed by atoms with Gasteiger partial charge in [0, 0.05) is 25.0 Å². The number of amides is 1. The van der Waals surface area contributed by atoms with Crippen LogP contribution in [0.5, 0.6) is 0 Å². The van der Waals surface area contributed by atoms with Gasteiger partial charge in [-0.1, -0.05) is 43.2 Å². The second-order valence-corrected chi connectivity index (χ2v) is 8.43. The van der Waals surface area contributed by atoms with Crippen LogP contribution in [0.3, 0.4) is 0 Å². The van der Waals surface area contributed by atoms with Crippen molar-refractivity contribution in [2.24, 2.45) is 0 Å². The molecule has 0 unspecified atom stereocenters. The van der Waals surface area contributed by atoms with E-state index in [0.29, 0.717) is 13.1 Å². The minimum atomic E-state index is -3.65. The van der Waals surface area contributed by atoms with E-state index in [0.717, 1.165) is 36.7 Å². The summed E-state index contributed by atoms with van der Waals surface area (Å²) in [6.45, 7) is 2.84. The Morgan fingerprint density at radius 3 is 2.43 bits per heavy atom.